The molecular weight excluding hydrogens is 519 g/mol. The molecule has 1 amide bonds. The Morgan fingerprint density at radius 2 is 1.81 bits per heavy atom. The second kappa shape index (κ2) is 9.66. The molecule has 0 aliphatic heterocycles. The molecule has 0 saturated heterocycles. The van der Waals surface area contributed by atoms with Crippen molar-refractivity contribution >= 4 is 50.6 Å². The highest BCUT2D eigenvalue weighted by Gasteiger charge is 2.03. The molecule has 0 atom stereocenters. The summed E-state index contributed by atoms with van der Waals surface area (Å²) in [5.74, 6) is 0.522. The molecule has 0 radical (unpaired) electrons. The molecule has 1 N–H and O–H groups in total. The van der Waals surface area contributed by atoms with Gasteiger partial charge in [-0.2, -0.15) is 5.10 Å². The van der Waals surface area contributed by atoms with Crippen LogP contribution in [0.5, 0.6) is 5.75 Å². The second-order valence-electron chi connectivity index (χ2n) is 5.69. The Morgan fingerprint density at radius 1 is 1.07 bits per heavy atom. The molecule has 4 nitrogen and oxygen atoms in total. The Labute approximate surface area is 179 Å². The van der Waals surface area contributed by atoms with Crippen LogP contribution in [0.25, 0.3) is 0 Å². The fourth-order valence-corrected chi connectivity index (χ4v) is 3.02. The maximum atomic E-state index is 12.0. The lowest BCUT2D eigenvalue weighted by Crippen LogP contribution is -2.17. The number of nitrogens with zero attached hydrogens (tertiary/aromatic N) is 1. The summed E-state index contributed by atoms with van der Waals surface area (Å²) in [5.41, 5.74) is 5.05. The number of hydrogen-bond acceptors (Lipinski definition) is 3. The van der Waals surface area contributed by atoms with Crippen molar-refractivity contribution in [3.8, 4) is 5.75 Å². The first-order valence-electron chi connectivity index (χ1n) is 8.16. The van der Waals surface area contributed by atoms with Crippen molar-refractivity contribution in [2.45, 2.75) is 6.61 Å². The molecule has 3 aromatic carbocycles. The third-order valence-corrected chi connectivity index (χ3v) is 4.88. The molecule has 27 heavy (non-hydrogen) atoms. The van der Waals surface area contributed by atoms with E-state index in [1.54, 1.807) is 24.4 Å². The van der Waals surface area contributed by atoms with E-state index in [-0.39, 0.29) is 5.91 Å². The number of rotatable bonds is 6. The lowest BCUT2D eigenvalue weighted by molar-refractivity contribution is 0.0955. The molecule has 0 fully saturated rings. The molecule has 0 aromatic heterocycles. The van der Waals surface area contributed by atoms with Crippen LogP contribution in [-0.2, 0) is 6.61 Å². The van der Waals surface area contributed by atoms with E-state index < -0.39 is 0 Å². The predicted octanol–water partition coefficient (Wildman–Crippen LogP) is 5.40. The van der Waals surface area contributed by atoms with Crippen LogP contribution in [-0.4, -0.2) is 12.1 Å². The Hall–Kier alpha value is -2.19. The Morgan fingerprint density at radius 3 is 2.52 bits per heavy atom. The van der Waals surface area contributed by atoms with Crippen molar-refractivity contribution in [1.29, 1.82) is 0 Å². The first-order chi connectivity index (χ1) is 13.1. The number of carbonyl (C=O) groups excluding carboxylic acids is 1. The van der Waals surface area contributed by atoms with Gasteiger partial charge in [0.05, 0.1) is 6.21 Å². The Bertz CT molecular complexity index is 941. The van der Waals surface area contributed by atoms with Gasteiger partial charge in [0.25, 0.3) is 5.91 Å². The minimum atomic E-state index is -0.259. The monoisotopic (exact) mass is 534 g/mol. The number of amides is 1. The smallest absolute Gasteiger partial charge is 0.271 e. The van der Waals surface area contributed by atoms with Gasteiger partial charge < -0.3 is 4.74 Å². The van der Waals surface area contributed by atoms with Crippen LogP contribution in [0.3, 0.4) is 0 Å². The van der Waals surface area contributed by atoms with Crippen LogP contribution in [0.2, 0.25) is 0 Å². The second-order valence-corrected chi connectivity index (χ2v) is 7.85. The highest BCUT2D eigenvalue weighted by atomic mass is 127. The summed E-state index contributed by atoms with van der Waals surface area (Å²) in [5, 5.41) is 4.00. The molecule has 0 bridgehead atoms. The molecule has 0 spiro atoms. The third-order valence-electron chi connectivity index (χ3n) is 3.67. The maximum absolute atomic E-state index is 12.0. The number of halogens is 2. The zero-order valence-electron chi connectivity index (χ0n) is 14.2. The molecule has 0 unspecified atom stereocenters. The zero-order valence-corrected chi connectivity index (χ0v) is 18.0. The number of nitrogens with one attached hydrogen (secondary N) is 1. The molecule has 0 saturated carbocycles. The first-order valence-corrected chi connectivity index (χ1v) is 10.0. The number of carbonyl (C=O) groups is 1. The molecule has 6 heteroatoms. The van der Waals surface area contributed by atoms with Gasteiger partial charge in [-0.05, 0) is 88.3 Å². The predicted molar refractivity (Wildman–Crippen MR) is 119 cm³/mol. The molecule has 3 aromatic rings. The first kappa shape index (κ1) is 19.6. The van der Waals surface area contributed by atoms with Crippen molar-refractivity contribution in [1.82, 2.24) is 5.43 Å². The van der Waals surface area contributed by atoms with E-state index in [1.807, 2.05) is 30.3 Å². The molecule has 0 aliphatic carbocycles. The molecule has 0 heterocycles. The summed E-state index contributed by atoms with van der Waals surface area (Å²) >= 11 is 5.62. The SMILES string of the molecule is O=C(N/N=C\c1ccc(OCc2ccc(I)cc2)cc1)c1cccc(Br)c1. The minimum absolute atomic E-state index is 0.259. The summed E-state index contributed by atoms with van der Waals surface area (Å²) in [6.45, 7) is 0.521. The average Bonchev–Trinajstić information content (AvgIpc) is 2.68. The van der Waals surface area contributed by atoms with E-state index in [0.29, 0.717) is 12.2 Å². The van der Waals surface area contributed by atoms with Crippen molar-refractivity contribution in [3.63, 3.8) is 0 Å². The van der Waals surface area contributed by atoms with Crippen molar-refractivity contribution in [2.75, 3.05) is 0 Å². The quantitative estimate of drug-likeness (QED) is 0.261. The Kier molecular flexibility index (Phi) is 7.00. The number of benzene rings is 3. The fourth-order valence-electron chi connectivity index (χ4n) is 2.26. The van der Waals surface area contributed by atoms with Crippen LogP contribution in [0.1, 0.15) is 21.5 Å². The molecule has 3 rings (SSSR count). The van der Waals surface area contributed by atoms with Gasteiger partial charge in [0.15, 0.2) is 0 Å². The standard InChI is InChI=1S/C21H16BrIN2O2/c22-18-3-1-2-17(12-18)21(26)25-24-13-15-6-10-20(11-7-15)27-14-16-4-8-19(23)9-5-16/h1-13H,14H2,(H,25,26)/b24-13-. The van der Waals surface area contributed by atoms with E-state index >= 15 is 0 Å². The topological polar surface area (TPSA) is 50.7 Å². The van der Waals surface area contributed by atoms with Gasteiger partial charge >= 0.3 is 0 Å². The van der Waals surface area contributed by atoms with Crippen LogP contribution in [0.15, 0.2) is 82.4 Å². The third kappa shape index (κ3) is 6.18. The van der Waals surface area contributed by atoms with Crippen molar-refractivity contribution < 1.29 is 9.53 Å². The zero-order chi connectivity index (χ0) is 19.1. The van der Waals surface area contributed by atoms with E-state index in [2.05, 4.69) is 73.3 Å². The lowest BCUT2D eigenvalue weighted by atomic mass is 10.2. The van der Waals surface area contributed by atoms with Gasteiger partial charge in [0.1, 0.15) is 12.4 Å². The summed E-state index contributed by atoms with van der Waals surface area (Å²) < 4.78 is 7.83. The molecule has 136 valence electrons. The van der Waals surface area contributed by atoms with Crippen LogP contribution >= 0.6 is 38.5 Å². The summed E-state index contributed by atoms with van der Waals surface area (Å²) in [6, 6.07) is 22.9. The van der Waals surface area contributed by atoms with Gasteiger partial charge in [-0.15, -0.1) is 0 Å². The van der Waals surface area contributed by atoms with Crippen LogP contribution < -0.4 is 10.2 Å². The average molecular weight is 535 g/mol. The number of hydrazone groups is 1. The Balaban J connectivity index is 1.51. The highest BCUT2D eigenvalue weighted by Crippen LogP contribution is 2.15. The van der Waals surface area contributed by atoms with E-state index in [1.165, 1.54) is 3.57 Å². The van der Waals surface area contributed by atoms with Gasteiger partial charge in [0, 0.05) is 13.6 Å². The highest BCUT2D eigenvalue weighted by molar-refractivity contribution is 14.1. The fraction of sp³-hybridized carbons (Fsp3) is 0.0476. The molecular formula is C21H16BrIN2O2. The van der Waals surface area contributed by atoms with Gasteiger partial charge in [-0.25, -0.2) is 5.43 Å². The largest absolute Gasteiger partial charge is 0.489 e. The van der Waals surface area contributed by atoms with Crippen molar-refractivity contribution in [2.24, 2.45) is 5.10 Å². The summed E-state index contributed by atoms with van der Waals surface area (Å²) in [4.78, 5) is 12.0. The van der Waals surface area contributed by atoms with Gasteiger partial charge in [-0.1, -0.05) is 34.1 Å². The number of ether oxygens (including phenoxy) is 1. The summed E-state index contributed by atoms with van der Waals surface area (Å²) in [6.07, 6.45) is 1.60. The van der Waals surface area contributed by atoms with Crippen molar-refractivity contribution in [3.05, 3.63) is 97.5 Å². The van der Waals surface area contributed by atoms with E-state index in [9.17, 15) is 4.79 Å². The van der Waals surface area contributed by atoms with E-state index in [4.69, 9.17) is 4.74 Å². The van der Waals surface area contributed by atoms with Crippen LogP contribution in [0.4, 0.5) is 0 Å². The summed E-state index contributed by atoms with van der Waals surface area (Å²) in [7, 11) is 0. The van der Waals surface area contributed by atoms with E-state index in [0.717, 1.165) is 21.3 Å². The maximum Gasteiger partial charge on any atom is 0.271 e. The molecule has 0 aliphatic rings. The lowest BCUT2D eigenvalue weighted by Gasteiger charge is -2.06. The number of hydrogen-bond donors (Lipinski definition) is 1. The van der Waals surface area contributed by atoms with Gasteiger partial charge in [0.2, 0.25) is 0 Å². The van der Waals surface area contributed by atoms with Gasteiger partial charge in [-0.3, -0.25) is 4.79 Å². The van der Waals surface area contributed by atoms with Crippen LogP contribution in [0, 0.1) is 3.57 Å². The normalized spacial score (nSPS) is 10.7. The minimum Gasteiger partial charge on any atom is -0.489 e.